The maximum Gasteiger partial charge on any atom is 0.142 e. The first-order valence-electron chi connectivity index (χ1n) is 7.62. The normalized spacial score (nSPS) is 13.0. The van der Waals surface area contributed by atoms with Gasteiger partial charge in [-0.15, -0.1) is 0 Å². The number of allylic oxidation sites excluding steroid dienone is 3. The van der Waals surface area contributed by atoms with Crippen molar-refractivity contribution in [3.05, 3.63) is 90.0 Å². The number of rotatable bonds is 7. The Labute approximate surface area is 146 Å². The second-order valence-electron chi connectivity index (χ2n) is 5.11. The van der Waals surface area contributed by atoms with Gasteiger partial charge in [-0.1, -0.05) is 37.2 Å². The monoisotopic (exact) mass is 343 g/mol. The van der Waals surface area contributed by atoms with Gasteiger partial charge in [0.1, 0.15) is 12.1 Å². The largest absolute Gasteiger partial charge is 0.368 e. The summed E-state index contributed by atoms with van der Waals surface area (Å²) in [5.41, 5.74) is 2.57. The topological polar surface area (TPSA) is 37.8 Å². The molecule has 0 bridgehead atoms. The van der Waals surface area contributed by atoms with Crippen molar-refractivity contribution in [2.75, 3.05) is 0 Å². The number of nitrogens with zero attached hydrogens (tertiary/aromatic N) is 2. The highest BCUT2D eigenvalue weighted by atomic mass is 35.5. The van der Waals surface area contributed by atoms with Crippen LogP contribution in [0.5, 0.6) is 0 Å². The van der Waals surface area contributed by atoms with E-state index < -0.39 is 5.82 Å². The molecule has 1 aromatic carbocycles. The highest BCUT2D eigenvalue weighted by Crippen LogP contribution is 2.28. The fourth-order valence-corrected chi connectivity index (χ4v) is 2.42. The molecular formula is C19H19ClFN3. The Morgan fingerprint density at radius 1 is 1.42 bits per heavy atom. The Balaban J connectivity index is 2.41. The maximum absolute atomic E-state index is 13.8. The van der Waals surface area contributed by atoms with Gasteiger partial charge >= 0.3 is 0 Å². The Hall–Kier alpha value is -2.46. The number of hydrogen-bond donors (Lipinski definition) is 1. The van der Waals surface area contributed by atoms with E-state index in [1.54, 1.807) is 24.7 Å². The van der Waals surface area contributed by atoms with Crippen molar-refractivity contribution in [2.45, 2.75) is 19.3 Å². The van der Waals surface area contributed by atoms with Crippen molar-refractivity contribution in [1.29, 1.82) is 0 Å². The van der Waals surface area contributed by atoms with Crippen LogP contribution >= 0.6 is 11.6 Å². The van der Waals surface area contributed by atoms with Gasteiger partial charge in [-0.25, -0.2) is 14.4 Å². The number of nitrogens with one attached hydrogen (secondary N) is 1. The van der Waals surface area contributed by atoms with Gasteiger partial charge in [0.25, 0.3) is 0 Å². The van der Waals surface area contributed by atoms with Crippen LogP contribution in [0.3, 0.4) is 0 Å². The summed E-state index contributed by atoms with van der Waals surface area (Å²) >= 11 is 5.78. The maximum atomic E-state index is 13.8. The number of halogens is 2. The summed E-state index contributed by atoms with van der Waals surface area (Å²) in [4.78, 5) is 8.24. The van der Waals surface area contributed by atoms with E-state index in [9.17, 15) is 4.39 Å². The van der Waals surface area contributed by atoms with Gasteiger partial charge in [-0.2, -0.15) is 0 Å². The summed E-state index contributed by atoms with van der Waals surface area (Å²) in [5, 5.41) is 3.05. The highest BCUT2D eigenvalue weighted by molar-refractivity contribution is 6.30. The first kappa shape index (κ1) is 17.9. The molecule has 0 aliphatic heterocycles. The molecule has 0 spiro atoms. The van der Waals surface area contributed by atoms with E-state index in [0.29, 0.717) is 0 Å². The van der Waals surface area contributed by atoms with E-state index in [4.69, 9.17) is 11.6 Å². The van der Waals surface area contributed by atoms with Gasteiger partial charge in [-0.05, 0) is 48.0 Å². The Morgan fingerprint density at radius 2 is 2.25 bits per heavy atom. The van der Waals surface area contributed by atoms with Gasteiger partial charge in [0.2, 0.25) is 0 Å². The summed E-state index contributed by atoms with van der Waals surface area (Å²) in [6, 6.07) is 6.75. The van der Waals surface area contributed by atoms with E-state index >= 15 is 0 Å². The standard InChI is InChI=1S/C19H19ClFN3/c1-3-14(15-5-6-17(20)18(21)12-15)11-16(7-9-22-4-2)19-8-10-23-13-24-19/h4-14,22H,2-3H2,1H3/b9-7-,16-11+. The number of benzene rings is 1. The number of hydrogen-bond acceptors (Lipinski definition) is 3. The quantitative estimate of drug-likeness (QED) is 0.711. The number of aromatic nitrogens is 2. The summed E-state index contributed by atoms with van der Waals surface area (Å²) in [7, 11) is 0. The van der Waals surface area contributed by atoms with Crippen LogP contribution in [0, 0.1) is 5.82 Å². The Kier molecular flexibility index (Phi) is 6.70. The first-order chi connectivity index (χ1) is 11.7. The lowest BCUT2D eigenvalue weighted by atomic mass is 9.93. The molecule has 1 atom stereocenters. The summed E-state index contributed by atoms with van der Waals surface area (Å²) < 4.78 is 13.8. The fourth-order valence-electron chi connectivity index (χ4n) is 2.30. The zero-order chi connectivity index (χ0) is 17.4. The molecule has 1 N–H and O–H groups in total. The van der Waals surface area contributed by atoms with Crippen molar-refractivity contribution >= 4 is 17.2 Å². The van der Waals surface area contributed by atoms with Crippen LogP contribution in [-0.2, 0) is 0 Å². The molecule has 2 aromatic rings. The van der Waals surface area contributed by atoms with Crippen LogP contribution < -0.4 is 5.32 Å². The van der Waals surface area contributed by atoms with Crippen LogP contribution in [0.25, 0.3) is 5.57 Å². The average Bonchev–Trinajstić information content (AvgIpc) is 2.61. The lowest BCUT2D eigenvalue weighted by molar-refractivity contribution is 0.623. The van der Waals surface area contributed by atoms with Crippen molar-refractivity contribution < 1.29 is 4.39 Å². The zero-order valence-corrected chi connectivity index (χ0v) is 14.2. The minimum Gasteiger partial charge on any atom is -0.368 e. The summed E-state index contributed by atoms with van der Waals surface area (Å²) in [6.45, 7) is 5.66. The molecule has 2 rings (SSSR count). The van der Waals surface area contributed by atoms with E-state index in [1.807, 2.05) is 18.2 Å². The van der Waals surface area contributed by atoms with Crippen molar-refractivity contribution in [2.24, 2.45) is 0 Å². The second kappa shape index (κ2) is 8.99. The molecule has 1 unspecified atom stereocenters. The smallest absolute Gasteiger partial charge is 0.142 e. The van der Waals surface area contributed by atoms with Gasteiger partial charge < -0.3 is 5.32 Å². The third-order valence-corrected chi connectivity index (χ3v) is 3.85. The summed E-state index contributed by atoms with van der Waals surface area (Å²) in [6.07, 6.45) is 11.3. The Bertz CT molecular complexity index is 742. The first-order valence-corrected chi connectivity index (χ1v) is 8.00. The molecule has 0 fully saturated rings. The predicted octanol–water partition coefficient (Wildman–Crippen LogP) is 5.09. The molecule has 124 valence electrons. The molecule has 5 heteroatoms. The SMILES string of the molecule is C=CN/C=C\C(=C/C(CC)c1ccc(Cl)c(F)c1)c1ccncn1. The minimum atomic E-state index is -0.409. The van der Waals surface area contributed by atoms with Crippen LogP contribution in [0.4, 0.5) is 4.39 Å². The highest BCUT2D eigenvalue weighted by Gasteiger charge is 2.11. The van der Waals surface area contributed by atoms with Gasteiger partial charge in [0, 0.05) is 18.3 Å². The molecule has 0 saturated heterocycles. The molecule has 3 nitrogen and oxygen atoms in total. The average molecular weight is 344 g/mol. The van der Waals surface area contributed by atoms with Gasteiger partial charge in [0.05, 0.1) is 10.7 Å². The molecular weight excluding hydrogens is 325 g/mol. The molecule has 24 heavy (non-hydrogen) atoms. The molecule has 0 saturated carbocycles. The Morgan fingerprint density at radius 3 is 2.88 bits per heavy atom. The molecule has 0 aliphatic rings. The molecule has 1 heterocycles. The van der Waals surface area contributed by atoms with Gasteiger partial charge in [-0.3, -0.25) is 0 Å². The van der Waals surface area contributed by atoms with E-state index in [0.717, 1.165) is 23.3 Å². The van der Waals surface area contributed by atoms with Crippen molar-refractivity contribution in [1.82, 2.24) is 15.3 Å². The molecule has 0 aliphatic carbocycles. The van der Waals surface area contributed by atoms with Gasteiger partial charge in [0.15, 0.2) is 0 Å². The van der Waals surface area contributed by atoms with Crippen LogP contribution in [-0.4, -0.2) is 9.97 Å². The van der Waals surface area contributed by atoms with E-state index in [-0.39, 0.29) is 10.9 Å². The predicted molar refractivity (Wildman–Crippen MR) is 96.9 cm³/mol. The zero-order valence-electron chi connectivity index (χ0n) is 13.4. The lowest BCUT2D eigenvalue weighted by Gasteiger charge is -2.13. The molecule has 0 amide bonds. The van der Waals surface area contributed by atoms with Crippen molar-refractivity contribution in [3.8, 4) is 0 Å². The third-order valence-electron chi connectivity index (χ3n) is 3.55. The minimum absolute atomic E-state index is 0.0371. The molecule has 1 aromatic heterocycles. The van der Waals surface area contributed by atoms with Crippen LogP contribution in [0.1, 0.15) is 30.5 Å². The van der Waals surface area contributed by atoms with Crippen LogP contribution in [0.15, 0.2) is 67.9 Å². The summed E-state index contributed by atoms with van der Waals surface area (Å²) in [5.74, 6) is -0.372. The lowest BCUT2D eigenvalue weighted by Crippen LogP contribution is -1.98. The second-order valence-corrected chi connectivity index (χ2v) is 5.52. The fraction of sp³-hybridized carbons (Fsp3) is 0.158. The van der Waals surface area contributed by atoms with Crippen molar-refractivity contribution in [3.63, 3.8) is 0 Å². The molecule has 0 radical (unpaired) electrons. The van der Waals surface area contributed by atoms with E-state index in [2.05, 4.69) is 34.9 Å². The van der Waals surface area contributed by atoms with E-state index in [1.165, 1.54) is 12.4 Å². The third kappa shape index (κ3) is 4.77. The van der Waals surface area contributed by atoms with Crippen LogP contribution in [0.2, 0.25) is 5.02 Å².